The van der Waals surface area contributed by atoms with Crippen molar-refractivity contribution in [1.29, 1.82) is 0 Å². The number of methoxy groups -OCH3 is 1. The topological polar surface area (TPSA) is 30.5 Å². The zero-order chi connectivity index (χ0) is 7.61. The molecule has 0 aromatic carbocycles. The van der Waals surface area contributed by atoms with Crippen molar-refractivity contribution in [3.05, 3.63) is 0 Å². The molecule has 3 nitrogen and oxygen atoms in total. The summed E-state index contributed by atoms with van der Waals surface area (Å²) in [4.78, 5) is 5.32. The van der Waals surface area contributed by atoms with Crippen LogP contribution in [0.25, 0.3) is 0 Å². The van der Waals surface area contributed by atoms with Gasteiger partial charge in [-0.1, -0.05) is 12.6 Å². The summed E-state index contributed by atoms with van der Waals surface area (Å²) in [6.07, 6.45) is 1.05. The van der Waals surface area contributed by atoms with Crippen LogP contribution in [0.4, 0.5) is 0 Å². The lowest BCUT2D eigenvalue weighted by Gasteiger charge is -2.44. The van der Waals surface area contributed by atoms with E-state index in [1.807, 2.05) is 0 Å². The van der Waals surface area contributed by atoms with Crippen LogP contribution in [-0.2, 0) is 9.57 Å². The van der Waals surface area contributed by atoms with E-state index in [2.05, 4.69) is 12.0 Å². The molecule has 1 fully saturated rings. The maximum absolute atomic E-state index is 5.32. The molecule has 1 aliphatic heterocycles. The van der Waals surface area contributed by atoms with E-state index >= 15 is 0 Å². The standard InChI is InChI=1S/C6H15NO2Si/c1-7-9-6(8-2)4-5-10(6)3/h7,10H,4-5H2,1-3H3. The first-order valence-corrected chi connectivity index (χ1v) is 6.20. The first kappa shape index (κ1) is 8.20. The number of rotatable bonds is 3. The van der Waals surface area contributed by atoms with Crippen LogP contribution in [-0.4, -0.2) is 28.4 Å². The molecule has 0 amide bonds. The molecule has 1 heterocycles. The largest absolute Gasteiger partial charge is 0.356 e. The number of hydrogen-bond donors (Lipinski definition) is 1. The van der Waals surface area contributed by atoms with Gasteiger partial charge in [-0.15, -0.1) is 0 Å². The molecule has 0 aliphatic carbocycles. The summed E-state index contributed by atoms with van der Waals surface area (Å²) in [6, 6.07) is 1.33. The molecule has 0 spiro atoms. The summed E-state index contributed by atoms with van der Waals surface area (Å²) in [7, 11) is 2.76. The highest BCUT2D eigenvalue weighted by molar-refractivity contribution is 6.63. The molecule has 1 aliphatic rings. The van der Waals surface area contributed by atoms with E-state index in [1.54, 1.807) is 14.2 Å². The quantitative estimate of drug-likeness (QED) is 0.366. The Morgan fingerprint density at radius 1 is 1.60 bits per heavy atom. The number of ether oxygens (including phenoxy) is 1. The van der Waals surface area contributed by atoms with Crippen LogP contribution in [0.3, 0.4) is 0 Å². The van der Waals surface area contributed by atoms with E-state index in [0.717, 1.165) is 6.42 Å². The fraction of sp³-hybridized carbons (Fsp3) is 1.00. The zero-order valence-corrected chi connectivity index (χ0v) is 7.96. The van der Waals surface area contributed by atoms with Crippen molar-refractivity contribution in [1.82, 2.24) is 5.48 Å². The maximum atomic E-state index is 5.32. The van der Waals surface area contributed by atoms with Crippen molar-refractivity contribution in [2.24, 2.45) is 0 Å². The molecule has 0 aromatic heterocycles. The van der Waals surface area contributed by atoms with E-state index in [4.69, 9.17) is 9.57 Å². The van der Waals surface area contributed by atoms with Gasteiger partial charge in [0.15, 0.2) is 5.41 Å². The molecular formula is C6H15NO2Si. The predicted octanol–water partition coefficient (Wildman–Crippen LogP) is 0.280. The first-order valence-electron chi connectivity index (χ1n) is 3.65. The first-order chi connectivity index (χ1) is 4.75. The maximum Gasteiger partial charge on any atom is 0.166 e. The van der Waals surface area contributed by atoms with Gasteiger partial charge in [0, 0.05) is 14.2 Å². The molecule has 1 saturated heterocycles. The molecule has 0 radical (unpaired) electrons. The summed E-state index contributed by atoms with van der Waals surface area (Å²) < 4.78 is 5.30. The van der Waals surface area contributed by atoms with Crippen molar-refractivity contribution < 1.29 is 9.57 Å². The highest BCUT2D eigenvalue weighted by Gasteiger charge is 2.47. The lowest BCUT2D eigenvalue weighted by molar-refractivity contribution is -0.213. The lowest BCUT2D eigenvalue weighted by Crippen LogP contribution is -2.58. The van der Waals surface area contributed by atoms with Gasteiger partial charge in [-0.2, -0.15) is 0 Å². The Kier molecular flexibility index (Phi) is 2.46. The van der Waals surface area contributed by atoms with Gasteiger partial charge in [0.1, 0.15) is 8.80 Å². The fourth-order valence-electron chi connectivity index (χ4n) is 1.34. The minimum absolute atomic E-state index is 0.200. The predicted molar refractivity (Wildman–Crippen MR) is 42.3 cm³/mol. The van der Waals surface area contributed by atoms with Gasteiger partial charge in [-0.25, -0.2) is 5.48 Å². The summed E-state index contributed by atoms with van der Waals surface area (Å²) in [6.45, 7) is 2.27. The third-order valence-corrected chi connectivity index (χ3v) is 5.60. The Bertz CT molecular complexity index is 118. The molecular weight excluding hydrogens is 146 g/mol. The van der Waals surface area contributed by atoms with Crippen molar-refractivity contribution in [2.75, 3.05) is 14.2 Å². The van der Waals surface area contributed by atoms with Crippen LogP contribution < -0.4 is 5.48 Å². The van der Waals surface area contributed by atoms with Gasteiger partial charge < -0.3 is 4.74 Å². The molecule has 0 aromatic rings. The van der Waals surface area contributed by atoms with E-state index < -0.39 is 8.80 Å². The average Bonchev–Trinajstić information content (AvgIpc) is 1.97. The highest BCUT2D eigenvalue weighted by atomic mass is 28.3. The summed E-state index contributed by atoms with van der Waals surface area (Å²) >= 11 is 0. The van der Waals surface area contributed by atoms with E-state index in [9.17, 15) is 0 Å². The minimum Gasteiger partial charge on any atom is -0.356 e. The number of hydroxylamine groups is 1. The third kappa shape index (κ3) is 1.12. The van der Waals surface area contributed by atoms with Crippen LogP contribution in [0.15, 0.2) is 0 Å². The molecule has 0 bridgehead atoms. The smallest absolute Gasteiger partial charge is 0.166 e. The van der Waals surface area contributed by atoms with Crippen LogP contribution >= 0.6 is 0 Å². The van der Waals surface area contributed by atoms with Crippen molar-refractivity contribution >= 4 is 8.80 Å². The normalized spacial score (nSPS) is 39.3. The molecule has 0 saturated carbocycles. The molecule has 60 valence electrons. The third-order valence-electron chi connectivity index (χ3n) is 2.30. The van der Waals surface area contributed by atoms with Gasteiger partial charge in [0.25, 0.3) is 0 Å². The van der Waals surface area contributed by atoms with Crippen LogP contribution in [0.1, 0.15) is 6.42 Å². The Labute approximate surface area is 63.3 Å². The Balaban J connectivity index is 2.43. The number of hydrogen-bond acceptors (Lipinski definition) is 3. The van der Waals surface area contributed by atoms with Gasteiger partial charge >= 0.3 is 0 Å². The summed E-state index contributed by atoms with van der Waals surface area (Å²) in [5.41, 5.74) is 2.50. The average molecular weight is 161 g/mol. The second-order valence-corrected chi connectivity index (χ2v) is 6.02. The van der Waals surface area contributed by atoms with Gasteiger partial charge in [-0.05, 0) is 6.42 Å². The number of nitrogens with one attached hydrogen (secondary N) is 1. The summed E-state index contributed by atoms with van der Waals surface area (Å²) in [5, 5.41) is 0. The van der Waals surface area contributed by atoms with Crippen molar-refractivity contribution in [2.45, 2.75) is 24.4 Å². The van der Waals surface area contributed by atoms with Crippen LogP contribution in [0.2, 0.25) is 12.6 Å². The highest BCUT2D eigenvalue weighted by Crippen LogP contribution is 2.35. The van der Waals surface area contributed by atoms with Crippen molar-refractivity contribution in [3.63, 3.8) is 0 Å². The molecule has 1 rings (SSSR count). The molecule has 10 heavy (non-hydrogen) atoms. The van der Waals surface area contributed by atoms with Crippen molar-refractivity contribution in [3.8, 4) is 0 Å². The second-order valence-electron chi connectivity index (χ2n) is 2.76. The van der Waals surface area contributed by atoms with E-state index in [0.29, 0.717) is 0 Å². The van der Waals surface area contributed by atoms with Gasteiger partial charge in [0.2, 0.25) is 0 Å². The fourth-order valence-corrected chi connectivity index (χ4v) is 3.40. The van der Waals surface area contributed by atoms with E-state index in [1.165, 1.54) is 6.04 Å². The van der Waals surface area contributed by atoms with Crippen LogP contribution in [0, 0.1) is 0 Å². The summed E-state index contributed by atoms with van der Waals surface area (Å²) in [5.74, 6) is 0. The van der Waals surface area contributed by atoms with E-state index in [-0.39, 0.29) is 5.41 Å². The van der Waals surface area contributed by atoms with Crippen LogP contribution in [0.5, 0.6) is 0 Å². The Morgan fingerprint density at radius 2 is 2.30 bits per heavy atom. The lowest BCUT2D eigenvalue weighted by atomic mass is 10.4. The van der Waals surface area contributed by atoms with Gasteiger partial charge in [0.05, 0.1) is 0 Å². The SMILES string of the molecule is CNOC1(OC)CC[SiH]1C. The second kappa shape index (κ2) is 3.00. The monoisotopic (exact) mass is 161 g/mol. The zero-order valence-electron chi connectivity index (χ0n) is 6.81. The molecule has 1 N–H and O–H groups in total. The van der Waals surface area contributed by atoms with Gasteiger partial charge in [-0.3, -0.25) is 4.84 Å². The molecule has 4 heteroatoms. The minimum atomic E-state index is -0.744. The molecule has 2 unspecified atom stereocenters. The Hall–Kier alpha value is 0.0969. The Morgan fingerprint density at radius 3 is 2.40 bits per heavy atom. The molecule has 2 atom stereocenters.